The number of hydrogen-bond donors (Lipinski definition) is 1. The van der Waals surface area contributed by atoms with E-state index in [2.05, 4.69) is 43.1 Å². The molecule has 2 rings (SSSR count). The highest BCUT2D eigenvalue weighted by Gasteiger charge is 2.30. The smallest absolute Gasteiger partial charge is 0.0300 e. The molecule has 1 saturated heterocycles. The fraction of sp³-hybridized carbons (Fsp3) is 0.714. The zero-order valence-corrected chi connectivity index (χ0v) is 12.1. The molecule has 2 heterocycles. The van der Waals surface area contributed by atoms with Crippen LogP contribution in [0.2, 0.25) is 0 Å². The molecule has 3 heteroatoms. The summed E-state index contributed by atoms with van der Waals surface area (Å²) < 4.78 is 0. The van der Waals surface area contributed by atoms with Gasteiger partial charge in [0.15, 0.2) is 0 Å². The summed E-state index contributed by atoms with van der Waals surface area (Å²) in [7, 11) is 0. The molecule has 0 unspecified atom stereocenters. The Morgan fingerprint density at radius 1 is 1.41 bits per heavy atom. The number of thiophene rings is 1. The summed E-state index contributed by atoms with van der Waals surface area (Å²) >= 11 is 1.89. The molecule has 0 bridgehead atoms. The summed E-state index contributed by atoms with van der Waals surface area (Å²) in [6.07, 6.45) is 2.70. The summed E-state index contributed by atoms with van der Waals surface area (Å²) in [5.74, 6) is 0. The predicted octanol–water partition coefficient (Wildman–Crippen LogP) is 3.02. The number of nitrogens with one attached hydrogen (secondary N) is 1. The van der Waals surface area contributed by atoms with Crippen LogP contribution in [0.4, 0.5) is 0 Å². The molecule has 1 N–H and O–H groups in total. The molecule has 17 heavy (non-hydrogen) atoms. The highest BCUT2D eigenvalue weighted by atomic mass is 32.1. The Morgan fingerprint density at radius 2 is 2.24 bits per heavy atom. The van der Waals surface area contributed by atoms with Crippen LogP contribution in [-0.4, -0.2) is 30.1 Å². The first-order valence-electron chi connectivity index (χ1n) is 6.59. The molecule has 1 aliphatic rings. The topological polar surface area (TPSA) is 15.3 Å². The maximum Gasteiger partial charge on any atom is 0.0300 e. The highest BCUT2D eigenvalue weighted by molar-refractivity contribution is 7.11. The molecule has 1 aromatic heterocycles. The lowest BCUT2D eigenvalue weighted by atomic mass is 10.0. The van der Waals surface area contributed by atoms with E-state index in [1.165, 1.54) is 35.7 Å². The number of rotatable bonds is 5. The molecule has 1 fully saturated rings. The first kappa shape index (κ1) is 13.1. The number of aryl methyl sites for hydroxylation is 1. The minimum atomic E-state index is 0.418. The van der Waals surface area contributed by atoms with Crippen molar-refractivity contribution >= 4 is 11.3 Å². The van der Waals surface area contributed by atoms with Crippen molar-refractivity contribution in [2.45, 2.75) is 45.7 Å². The molecule has 1 aliphatic heterocycles. The molecule has 1 aromatic rings. The van der Waals surface area contributed by atoms with Crippen LogP contribution < -0.4 is 5.32 Å². The van der Waals surface area contributed by atoms with Gasteiger partial charge in [-0.25, -0.2) is 0 Å². The van der Waals surface area contributed by atoms with Crippen molar-refractivity contribution in [1.82, 2.24) is 10.2 Å². The Labute approximate surface area is 109 Å². The van der Waals surface area contributed by atoms with Gasteiger partial charge in [-0.1, -0.05) is 0 Å². The molecular formula is C14H24N2S. The SMILES string of the molecule is Cc1ccc(CNCCN2CCCC2(C)C)s1. The molecular weight excluding hydrogens is 228 g/mol. The van der Waals surface area contributed by atoms with Gasteiger partial charge < -0.3 is 5.32 Å². The van der Waals surface area contributed by atoms with Crippen molar-refractivity contribution in [3.63, 3.8) is 0 Å². The molecule has 0 aliphatic carbocycles. The van der Waals surface area contributed by atoms with Gasteiger partial charge in [-0.2, -0.15) is 0 Å². The fourth-order valence-corrected chi connectivity index (χ4v) is 3.44. The van der Waals surface area contributed by atoms with E-state index in [1.807, 2.05) is 11.3 Å². The lowest BCUT2D eigenvalue weighted by Gasteiger charge is -2.31. The minimum Gasteiger partial charge on any atom is -0.311 e. The first-order chi connectivity index (χ1) is 8.08. The van der Waals surface area contributed by atoms with Gasteiger partial charge in [-0.3, -0.25) is 4.90 Å². The fourth-order valence-electron chi connectivity index (χ4n) is 2.58. The number of hydrogen-bond acceptors (Lipinski definition) is 3. The van der Waals surface area contributed by atoms with Crippen molar-refractivity contribution in [2.75, 3.05) is 19.6 Å². The average molecular weight is 252 g/mol. The van der Waals surface area contributed by atoms with E-state index in [0.29, 0.717) is 5.54 Å². The lowest BCUT2D eigenvalue weighted by Crippen LogP contribution is -2.41. The molecule has 0 aromatic carbocycles. The van der Waals surface area contributed by atoms with E-state index in [0.717, 1.165) is 13.1 Å². The monoisotopic (exact) mass is 252 g/mol. The lowest BCUT2D eigenvalue weighted by molar-refractivity contribution is 0.176. The van der Waals surface area contributed by atoms with Gasteiger partial charge in [0, 0.05) is 34.9 Å². The third kappa shape index (κ3) is 3.54. The molecule has 0 spiro atoms. The summed E-state index contributed by atoms with van der Waals surface area (Å²) in [6.45, 7) is 11.5. The number of likely N-dealkylation sites (tertiary alicyclic amines) is 1. The van der Waals surface area contributed by atoms with E-state index < -0.39 is 0 Å². The second kappa shape index (κ2) is 5.51. The van der Waals surface area contributed by atoms with Crippen LogP contribution in [0.25, 0.3) is 0 Å². The zero-order chi connectivity index (χ0) is 12.3. The van der Waals surface area contributed by atoms with Crippen molar-refractivity contribution in [3.05, 3.63) is 21.9 Å². The van der Waals surface area contributed by atoms with Crippen molar-refractivity contribution < 1.29 is 0 Å². The van der Waals surface area contributed by atoms with Crippen molar-refractivity contribution in [3.8, 4) is 0 Å². The Bertz CT molecular complexity index is 357. The first-order valence-corrected chi connectivity index (χ1v) is 7.41. The van der Waals surface area contributed by atoms with Crippen LogP contribution in [0.1, 0.15) is 36.4 Å². The normalized spacial score (nSPS) is 19.9. The van der Waals surface area contributed by atoms with Crippen LogP contribution >= 0.6 is 11.3 Å². The molecule has 96 valence electrons. The maximum absolute atomic E-state index is 3.55. The van der Waals surface area contributed by atoms with Gasteiger partial charge in [0.05, 0.1) is 0 Å². The minimum absolute atomic E-state index is 0.418. The molecule has 0 atom stereocenters. The quantitative estimate of drug-likeness (QED) is 0.810. The molecule has 0 amide bonds. The second-order valence-electron chi connectivity index (χ2n) is 5.59. The van der Waals surface area contributed by atoms with Gasteiger partial charge in [0.25, 0.3) is 0 Å². The third-order valence-electron chi connectivity index (χ3n) is 3.73. The number of nitrogens with zero attached hydrogens (tertiary/aromatic N) is 1. The standard InChI is InChI=1S/C14H24N2S/c1-12-5-6-13(17-12)11-15-8-10-16-9-4-7-14(16,2)3/h5-6,15H,4,7-11H2,1-3H3. The van der Waals surface area contributed by atoms with E-state index in [-0.39, 0.29) is 0 Å². The van der Waals surface area contributed by atoms with Crippen LogP contribution in [0.5, 0.6) is 0 Å². The van der Waals surface area contributed by atoms with E-state index >= 15 is 0 Å². The van der Waals surface area contributed by atoms with Crippen molar-refractivity contribution in [2.24, 2.45) is 0 Å². The van der Waals surface area contributed by atoms with E-state index in [1.54, 1.807) is 0 Å². The summed E-state index contributed by atoms with van der Waals surface area (Å²) in [6, 6.07) is 4.43. The predicted molar refractivity (Wildman–Crippen MR) is 75.6 cm³/mol. The maximum atomic E-state index is 3.55. The molecule has 2 nitrogen and oxygen atoms in total. The molecule has 0 radical (unpaired) electrons. The third-order valence-corrected chi connectivity index (χ3v) is 4.73. The van der Waals surface area contributed by atoms with Crippen LogP contribution in [0, 0.1) is 6.92 Å². The Kier molecular flexibility index (Phi) is 4.23. The van der Waals surface area contributed by atoms with Gasteiger partial charge >= 0.3 is 0 Å². The Balaban J connectivity index is 1.66. The highest BCUT2D eigenvalue weighted by Crippen LogP contribution is 2.27. The largest absolute Gasteiger partial charge is 0.311 e. The van der Waals surface area contributed by atoms with Crippen LogP contribution in [-0.2, 0) is 6.54 Å². The summed E-state index contributed by atoms with van der Waals surface area (Å²) in [5.41, 5.74) is 0.418. The Hall–Kier alpha value is -0.380. The van der Waals surface area contributed by atoms with Gasteiger partial charge in [0.2, 0.25) is 0 Å². The second-order valence-corrected chi connectivity index (χ2v) is 6.96. The van der Waals surface area contributed by atoms with E-state index in [4.69, 9.17) is 0 Å². The summed E-state index contributed by atoms with van der Waals surface area (Å²) in [5, 5.41) is 3.55. The van der Waals surface area contributed by atoms with Crippen molar-refractivity contribution in [1.29, 1.82) is 0 Å². The van der Waals surface area contributed by atoms with Crippen LogP contribution in [0.15, 0.2) is 12.1 Å². The molecule has 0 saturated carbocycles. The van der Waals surface area contributed by atoms with Gasteiger partial charge in [0.1, 0.15) is 0 Å². The van der Waals surface area contributed by atoms with Crippen LogP contribution in [0.3, 0.4) is 0 Å². The Morgan fingerprint density at radius 3 is 2.82 bits per heavy atom. The van der Waals surface area contributed by atoms with E-state index in [9.17, 15) is 0 Å². The zero-order valence-electron chi connectivity index (χ0n) is 11.3. The average Bonchev–Trinajstić information content (AvgIpc) is 2.80. The summed E-state index contributed by atoms with van der Waals surface area (Å²) in [4.78, 5) is 5.46. The van der Waals surface area contributed by atoms with Gasteiger partial charge in [-0.05, 0) is 52.3 Å². The van der Waals surface area contributed by atoms with Gasteiger partial charge in [-0.15, -0.1) is 11.3 Å².